The molecule has 162 valence electrons. The SMILES string of the molecule is CCn1c(=NC(=O)c2ccc(C(=O)c3ccccc3)cc2)sc2cc(OC)c(OC)cc21. The predicted octanol–water partition coefficient (Wildman–Crippen LogP) is 4.71. The Morgan fingerprint density at radius 2 is 1.47 bits per heavy atom. The van der Waals surface area contributed by atoms with Crippen molar-refractivity contribution in [3.63, 3.8) is 0 Å². The van der Waals surface area contributed by atoms with Gasteiger partial charge >= 0.3 is 0 Å². The highest BCUT2D eigenvalue weighted by Gasteiger charge is 2.14. The monoisotopic (exact) mass is 446 g/mol. The van der Waals surface area contributed by atoms with Gasteiger partial charge in [-0.15, -0.1) is 0 Å². The molecule has 32 heavy (non-hydrogen) atoms. The molecule has 7 heteroatoms. The molecule has 6 nitrogen and oxygen atoms in total. The number of hydrogen-bond acceptors (Lipinski definition) is 5. The third kappa shape index (κ3) is 4.07. The van der Waals surface area contributed by atoms with Gasteiger partial charge in [0, 0.05) is 35.4 Å². The lowest BCUT2D eigenvalue weighted by molar-refractivity contribution is 0.0994. The van der Waals surface area contributed by atoms with E-state index in [1.807, 2.05) is 41.8 Å². The van der Waals surface area contributed by atoms with Crippen LogP contribution in [0, 0.1) is 0 Å². The molecule has 3 aromatic carbocycles. The van der Waals surface area contributed by atoms with E-state index in [4.69, 9.17) is 9.47 Å². The summed E-state index contributed by atoms with van der Waals surface area (Å²) in [5.74, 6) is 0.798. The first-order valence-electron chi connectivity index (χ1n) is 10.1. The molecule has 0 bridgehead atoms. The van der Waals surface area contributed by atoms with Gasteiger partial charge in [-0.05, 0) is 19.1 Å². The van der Waals surface area contributed by atoms with Crippen LogP contribution in [0.25, 0.3) is 10.2 Å². The molecule has 0 aliphatic carbocycles. The summed E-state index contributed by atoms with van der Waals surface area (Å²) in [6.45, 7) is 2.64. The highest BCUT2D eigenvalue weighted by molar-refractivity contribution is 7.16. The molecule has 1 amide bonds. The van der Waals surface area contributed by atoms with Gasteiger partial charge in [-0.2, -0.15) is 4.99 Å². The fourth-order valence-electron chi connectivity index (χ4n) is 3.46. The number of rotatable bonds is 6. The van der Waals surface area contributed by atoms with E-state index in [2.05, 4.69) is 4.99 Å². The number of nitrogens with zero attached hydrogens (tertiary/aromatic N) is 2. The number of carbonyl (C=O) groups excluding carboxylic acids is 2. The van der Waals surface area contributed by atoms with Crippen molar-refractivity contribution >= 4 is 33.2 Å². The average Bonchev–Trinajstić information content (AvgIpc) is 3.18. The van der Waals surface area contributed by atoms with Gasteiger partial charge in [0.15, 0.2) is 22.1 Å². The smallest absolute Gasteiger partial charge is 0.279 e. The second-order valence-corrected chi connectivity index (χ2v) is 8.00. The summed E-state index contributed by atoms with van der Waals surface area (Å²) in [6.07, 6.45) is 0. The van der Waals surface area contributed by atoms with Crippen molar-refractivity contribution in [2.24, 2.45) is 4.99 Å². The molecule has 0 saturated carbocycles. The quantitative estimate of drug-likeness (QED) is 0.402. The van der Waals surface area contributed by atoms with Gasteiger partial charge in [0.25, 0.3) is 5.91 Å². The molecule has 0 aliphatic heterocycles. The summed E-state index contributed by atoms with van der Waals surface area (Å²) in [5.41, 5.74) is 2.48. The standard InChI is InChI=1S/C25H22N2O4S/c1-4-27-19-14-20(30-2)21(31-3)15-22(19)32-25(27)26-24(29)18-12-10-17(11-13-18)23(28)16-8-6-5-7-9-16/h5-15H,4H2,1-3H3. The van der Waals surface area contributed by atoms with Crippen molar-refractivity contribution in [3.8, 4) is 11.5 Å². The minimum Gasteiger partial charge on any atom is -0.493 e. The highest BCUT2D eigenvalue weighted by Crippen LogP contribution is 2.33. The number of amides is 1. The first-order valence-corrected chi connectivity index (χ1v) is 10.9. The van der Waals surface area contributed by atoms with E-state index in [-0.39, 0.29) is 11.7 Å². The normalized spacial score (nSPS) is 11.5. The van der Waals surface area contributed by atoms with Crippen LogP contribution in [0.4, 0.5) is 0 Å². The molecule has 0 saturated heterocycles. The lowest BCUT2D eigenvalue weighted by Crippen LogP contribution is -2.16. The van der Waals surface area contributed by atoms with Gasteiger partial charge in [-0.3, -0.25) is 9.59 Å². The molecule has 0 fully saturated rings. The second kappa shape index (κ2) is 9.20. The van der Waals surface area contributed by atoms with E-state index >= 15 is 0 Å². The van der Waals surface area contributed by atoms with Crippen LogP contribution in [-0.2, 0) is 6.54 Å². The minimum atomic E-state index is -0.364. The summed E-state index contributed by atoms with van der Waals surface area (Å²) >= 11 is 1.41. The molecule has 0 atom stereocenters. The van der Waals surface area contributed by atoms with Crippen LogP contribution in [0.2, 0.25) is 0 Å². The van der Waals surface area contributed by atoms with Gasteiger partial charge in [0.05, 0.1) is 24.4 Å². The summed E-state index contributed by atoms with van der Waals surface area (Å²) < 4.78 is 13.7. The van der Waals surface area contributed by atoms with Crippen molar-refractivity contribution in [3.05, 3.63) is 88.2 Å². The number of methoxy groups -OCH3 is 2. The zero-order valence-electron chi connectivity index (χ0n) is 18.0. The Balaban J connectivity index is 1.68. The molecule has 0 unspecified atom stereocenters. The van der Waals surface area contributed by atoms with Crippen molar-refractivity contribution in [1.82, 2.24) is 4.57 Å². The maximum absolute atomic E-state index is 12.8. The van der Waals surface area contributed by atoms with E-state index in [1.165, 1.54) is 11.3 Å². The number of aromatic nitrogens is 1. The minimum absolute atomic E-state index is 0.0854. The average molecular weight is 447 g/mol. The largest absolute Gasteiger partial charge is 0.493 e. The molecule has 1 heterocycles. The third-order valence-electron chi connectivity index (χ3n) is 5.13. The predicted molar refractivity (Wildman–Crippen MR) is 125 cm³/mol. The first kappa shape index (κ1) is 21.5. The van der Waals surface area contributed by atoms with Crippen LogP contribution < -0.4 is 14.3 Å². The number of ketones is 1. The molecule has 0 N–H and O–H groups in total. The molecule has 4 rings (SSSR count). The number of hydrogen-bond donors (Lipinski definition) is 0. The van der Waals surface area contributed by atoms with Crippen LogP contribution in [0.1, 0.15) is 33.2 Å². The zero-order valence-corrected chi connectivity index (χ0v) is 18.8. The molecule has 0 radical (unpaired) electrons. The lowest BCUT2D eigenvalue weighted by atomic mass is 10.0. The number of ether oxygens (including phenoxy) is 2. The van der Waals surface area contributed by atoms with Crippen molar-refractivity contribution in [1.29, 1.82) is 0 Å². The van der Waals surface area contributed by atoms with Crippen molar-refractivity contribution in [2.45, 2.75) is 13.5 Å². The zero-order chi connectivity index (χ0) is 22.7. The Morgan fingerprint density at radius 1 is 0.875 bits per heavy atom. The number of benzene rings is 3. The summed E-state index contributed by atoms with van der Waals surface area (Å²) in [7, 11) is 3.18. The van der Waals surface area contributed by atoms with Crippen LogP contribution in [0.5, 0.6) is 11.5 Å². The number of fused-ring (bicyclic) bond motifs is 1. The summed E-state index contributed by atoms with van der Waals surface area (Å²) in [6, 6.07) is 19.4. The van der Waals surface area contributed by atoms with Gasteiger partial charge < -0.3 is 14.0 Å². The topological polar surface area (TPSA) is 69.9 Å². The molecule has 0 aliphatic rings. The molecule has 1 aromatic heterocycles. The Hall–Kier alpha value is -3.71. The van der Waals surface area contributed by atoms with E-state index in [0.29, 0.717) is 39.5 Å². The van der Waals surface area contributed by atoms with E-state index in [1.54, 1.807) is 50.6 Å². The van der Waals surface area contributed by atoms with Crippen LogP contribution in [-0.4, -0.2) is 30.5 Å². The number of aryl methyl sites for hydroxylation is 1. The van der Waals surface area contributed by atoms with Crippen LogP contribution in [0.15, 0.2) is 71.7 Å². The van der Waals surface area contributed by atoms with Crippen LogP contribution >= 0.6 is 11.3 Å². The van der Waals surface area contributed by atoms with E-state index < -0.39 is 0 Å². The Labute approximate surface area is 189 Å². The maximum Gasteiger partial charge on any atom is 0.279 e. The van der Waals surface area contributed by atoms with E-state index in [9.17, 15) is 9.59 Å². The van der Waals surface area contributed by atoms with Gasteiger partial charge in [0.2, 0.25) is 0 Å². The molecule has 4 aromatic rings. The first-order chi connectivity index (χ1) is 15.5. The fraction of sp³-hybridized carbons (Fsp3) is 0.160. The Morgan fingerprint density at radius 3 is 2.09 bits per heavy atom. The second-order valence-electron chi connectivity index (χ2n) is 6.99. The molecular weight excluding hydrogens is 424 g/mol. The van der Waals surface area contributed by atoms with Gasteiger partial charge in [-0.25, -0.2) is 0 Å². The van der Waals surface area contributed by atoms with Crippen molar-refractivity contribution in [2.75, 3.05) is 14.2 Å². The Kier molecular flexibility index (Phi) is 6.18. The summed E-state index contributed by atoms with van der Waals surface area (Å²) in [5, 5.41) is 0. The maximum atomic E-state index is 12.8. The molecular formula is C25H22N2O4S. The number of thiazole rings is 1. The van der Waals surface area contributed by atoms with Gasteiger partial charge in [0.1, 0.15) is 0 Å². The number of carbonyl (C=O) groups is 2. The van der Waals surface area contributed by atoms with Crippen molar-refractivity contribution < 1.29 is 19.1 Å². The van der Waals surface area contributed by atoms with E-state index in [0.717, 1.165) is 10.2 Å². The highest BCUT2D eigenvalue weighted by atomic mass is 32.1. The summed E-state index contributed by atoms with van der Waals surface area (Å²) in [4.78, 5) is 30.4. The fourth-order valence-corrected chi connectivity index (χ4v) is 4.56. The molecule has 0 spiro atoms. The Bertz CT molecular complexity index is 1350. The van der Waals surface area contributed by atoms with Gasteiger partial charge in [-0.1, -0.05) is 53.8 Å². The van der Waals surface area contributed by atoms with Crippen LogP contribution in [0.3, 0.4) is 0 Å². The lowest BCUT2D eigenvalue weighted by Gasteiger charge is -2.08. The third-order valence-corrected chi connectivity index (χ3v) is 6.17.